The summed E-state index contributed by atoms with van der Waals surface area (Å²) in [4.78, 5) is 11.1. The van der Waals surface area contributed by atoms with Crippen LogP contribution in [-0.2, 0) is 17.6 Å². The zero-order valence-corrected chi connectivity index (χ0v) is 13.0. The highest BCUT2D eigenvalue weighted by Gasteiger charge is 2.20. The van der Waals surface area contributed by atoms with Crippen molar-refractivity contribution < 1.29 is 9.90 Å². The van der Waals surface area contributed by atoms with Gasteiger partial charge in [0, 0.05) is 12.1 Å². The summed E-state index contributed by atoms with van der Waals surface area (Å²) in [6.45, 7) is 2.15. The van der Waals surface area contributed by atoms with Crippen molar-refractivity contribution >= 4 is 5.97 Å². The molecule has 21 heavy (non-hydrogen) atoms. The molecule has 1 fully saturated rings. The van der Waals surface area contributed by atoms with Gasteiger partial charge in [-0.1, -0.05) is 50.5 Å². The maximum Gasteiger partial charge on any atom is 0.304 e. The molecule has 1 aliphatic rings. The Morgan fingerprint density at radius 1 is 1.19 bits per heavy atom. The van der Waals surface area contributed by atoms with Crippen molar-refractivity contribution in [2.45, 2.75) is 70.4 Å². The molecule has 0 aliphatic heterocycles. The van der Waals surface area contributed by atoms with Crippen LogP contribution < -0.4 is 5.32 Å². The molecule has 3 nitrogen and oxygen atoms in total. The van der Waals surface area contributed by atoms with Crippen LogP contribution in [0, 0.1) is 0 Å². The van der Waals surface area contributed by atoms with E-state index in [0.717, 1.165) is 12.8 Å². The summed E-state index contributed by atoms with van der Waals surface area (Å²) in [5.41, 5.74) is 2.55. The predicted octanol–water partition coefficient (Wildman–Crippen LogP) is 3.56. The van der Waals surface area contributed by atoms with E-state index in [9.17, 15) is 4.79 Å². The molecule has 1 aliphatic carbocycles. The molecule has 0 spiro atoms. The number of benzene rings is 1. The van der Waals surface area contributed by atoms with Crippen LogP contribution in [-0.4, -0.2) is 23.2 Å². The molecule has 0 aromatic heterocycles. The maximum atomic E-state index is 11.1. The summed E-state index contributed by atoms with van der Waals surface area (Å²) in [6.07, 6.45) is 8.26. The number of rotatable bonds is 7. The monoisotopic (exact) mass is 289 g/mol. The third kappa shape index (κ3) is 5.50. The quantitative estimate of drug-likeness (QED) is 0.807. The first-order valence-corrected chi connectivity index (χ1v) is 8.23. The minimum atomic E-state index is -0.714. The standard InChI is InChI=1S/C18H27NO2/c1-2-14-8-10-15(11-9-14)12-17(13-18(20)21)19-16-6-4-3-5-7-16/h8-11,16-17,19H,2-7,12-13H2,1H3,(H,20,21). The Morgan fingerprint density at radius 2 is 1.81 bits per heavy atom. The lowest BCUT2D eigenvalue weighted by Gasteiger charge is -2.28. The second-order valence-corrected chi connectivity index (χ2v) is 6.17. The number of carboxylic acid groups (broad SMARTS) is 1. The molecule has 0 saturated heterocycles. The average Bonchev–Trinajstić information content (AvgIpc) is 2.48. The van der Waals surface area contributed by atoms with E-state index in [-0.39, 0.29) is 12.5 Å². The highest BCUT2D eigenvalue weighted by atomic mass is 16.4. The number of nitrogens with one attached hydrogen (secondary N) is 1. The van der Waals surface area contributed by atoms with Gasteiger partial charge in [-0.2, -0.15) is 0 Å². The van der Waals surface area contributed by atoms with Gasteiger partial charge in [-0.15, -0.1) is 0 Å². The predicted molar refractivity (Wildman–Crippen MR) is 85.6 cm³/mol. The van der Waals surface area contributed by atoms with Crippen molar-refractivity contribution in [3.63, 3.8) is 0 Å². The second kappa shape index (κ2) is 8.18. The SMILES string of the molecule is CCc1ccc(CC(CC(=O)O)NC2CCCCC2)cc1. The normalized spacial score (nSPS) is 17.6. The van der Waals surface area contributed by atoms with Crippen LogP contribution >= 0.6 is 0 Å². The Balaban J connectivity index is 1.95. The van der Waals surface area contributed by atoms with Crippen molar-refractivity contribution in [2.24, 2.45) is 0 Å². The summed E-state index contributed by atoms with van der Waals surface area (Å²) >= 11 is 0. The first-order chi connectivity index (χ1) is 10.2. The van der Waals surface area contributed by atoms with Gasteiger partial charge < -0.3 is 10.4 Å². The first kappa shape index (κ1) is 16.0. The molecule has 1 atom stereocenters. The van der Waals surface area contributed by atoms with Gasteiger partial charge in [0.05, 0.1) is 6.42 Å². The average molecular weight is 289 g/mol. The van der Waals surface area contributed by atoms with E-state index in [1.54, 1.807) is 0 Å². The number of aryl methyl sites for hydroxylation is 1. The Bertz CT molecular complexity index is 435. The molecule has 0 amide bonds. The van der Waals surface area contributed by atoms with E-state index in [2.05, 4.69) is 36.5 Å². The fraction of sp³-hybridized carbons (Fsp3) is 0.611. The molecule has 1 aromatic carbocycles. The van der Waals surface area contributed by atoms with Gasteiger partial charge in [-0.05, 0) is 36.8 Å². The van der Waals surface area contributed by atoms with Crippen LogP contribution in [0.3, 0.4) is 0 Å². The molecule has 3 heteroatoms. The molecule has 116 valence electrons. The van der Waals surface area contributed by atoms with Crippen LogP contribution in [0.2, 0.25) is 0 Å². The zero-order chi connectivity index (χ0) is 15.1. The number of carbonyl (C=O) groups is 1. The lowest BCUT2D eigenvalue weighted by atomic mass is 9.93. The van der Waals surface area contributed by atoms with Crippen molar-refractivity contribution in [2.75, 3.05) is 0 Å². The van der Waals surface area contributed by atoms with Gasteiger partial charge in [-0.25, -0.2) is 0 Å². The summed E-state index contributed by atoms with van der Waals surface area (Å²) < 4.78 is 0. The summed E-state index contributed by atoms with van der Waals surface area (Å²) in [5, 5.41) is 12.7. The fourth-order valence-corrected chi connectivity index (χ4v) is 3.20. The van der Waals surface area contributed by atoms with Crippen molar-refractivity contribution in [3.05, 3.63) is 35.4 Å². The van der Waals surface area contributed by atoms with E-state index in [1.165, 1.54) is 43.2 Å². The van der Waals surface area contributed by atoms with Crippen LogP contribution in [0.4, 0.5) is 0 Å². The van der Waals surface area contributed by atoms with Crippen molar-refractivity contribution in [1.29, 1.82) is 0 Å². The molecular weight excluding hydrogens is 262 g/mol. The molecular formula is C18H27NO2. The van der Waals surface area contributed by atoms with Gasteiger partial charge in [0.15, 0.2) is 0 Å². The Morgan fingerprint density at radius 3 is 2.38 bits per heavy atom. The van der Waals surface area contributed by atoms with E-state index >= 15 is 0 Å². The van der Waals surface area contributed by atoms with Gasteiger partial charge in [-0.3, -0.25) is 4.79 Å². The summed E-state index contributed by atoms with van der Waals surface area (Å²) in [6, 6.07) is 9.10. The third-order valence-corrected chi connectivity index (χ3v) is 4.41. The fourth-order valence-electron chi connectivity index (χ4n) is 3.20. The van der Waals surface area contributed by atoms with Crippen LogP contribution in [0.25, 0.3) is 0 Å². The van der Waals surface area contributed by atoms with Gasteiger partial charge >= 0.3 is 5.97 Å². The van der Waals surface area contributed by atoms with Crippen LogP contribution in [0.15, 0.2) is 24.3 Å². The van der Waals surface area contributed by atoms with E-state index in [4.69, 9.17) is 5.11 Å². The number of aliphatic carboxylic acids is 1. The lowest BCUT2D eigenvalue weighted by Crippen LogP contribution is -2.41. The van der Waals surface area contributed by atoms with E-state index in [1.807, 2.05) is 0 Å². The maximum absolute atomic E-state index is 11.1. The largest absolute Gasteiger partial charge is 0.481 e. The number of carboxylic acids is 1. The molecule has 0 bridgehead atoms. The van der Waals surface area contributed by atoms with Crippen LogP contribution in [0.1, 0.15) is 56.6 Å². The van der Waals surface area contributed by atoms with Gasteiger partial charge in [0.25, 0.3) is 0 Å². The third-order valence-electron chi connectivity index (χ3n) is 4.41. The molecule has 2 N–H and O–H groups in total. The molecule has 0 heterocycles. The highest BCUT2D eigenvalue weighted by Crippen LogP contribution is 2.19. The number of hydrogen-bond acceptors (Lipinski definition) is 2. The Kier molecular flexibility index (Phi) is 6.24. The topological polar surface area (TPSA) is 49.3 Å². The summed E-state index contributed by atoms with van der Waals surface area (Å²) in [7, 11) is 0. The van der Waals surface area contributed by atoms with E-state index in [0.29, 0.717) is 6.04 Å². The van der Waals surface area contributed by atoms with E-state index < -0.39 is 5.97 Å². The minimum Gasteiger partial charge on any atom is -0.481 e. The molecule has 0 radical (unpaired) electrons. The minimum absolute atomic E-state index is 0.0399. The zero-order valence-electron chi connectivity index (χ0n) is 13.0. The van der Waals surface area contributed by atoms with Gasteiger partial charge in [0.1, 0.15) is 0 Å². The second-order valence-electron chi connectivity index (χ2n) is 6.17. The molecule has 2 rings (SSSR count). The summed E-state index contributed by atoms with van der Waals surface area (Å²) in [5.74, 6) is -0.714. The molecule has 1 aromatic rings. The number of hydrogen-bond donors (Lipinski definition) is 2. The Hall–Kier alpha value is -1.35. The van der Waals surface area contributed by atoms with Gasteiger partial charge in [0.2, 0.25) is 0 Å². The molecule has 1 unspecified atom stereocenters. The lowest BCUT2D eigenvalue weighted by molar-refractivity contribution is -0.137. The Labute approximate surface area is 127 Å². The van der Waals surface area contributed by atoms with Crippen LogP contribution in [0.5, 0.6) is 0 Å². The van der Waals surface area contributed by atoms with Crippen molar-refractivity contribution in [3.8, 4) is 0 Å². The smallest absolute Gasteiger partial charge is 0.304 e. The highest BCUT2D eigenvalue weighted by molar-refractivity contribution is 5.67. The van der Waals surface area contributed by atoms with Crippen molar-refractivity contribution in [1.82, 2.24) is 5.32 Å². The molecule has 1 saturated carbocycles. The first-order valence-electron chi connectivity index (χ1n) is 8.23.